The summed E-state index contributed by atoms with van der Waals surface area (Å²) in [5.41, 5.74) is -0.806. The molecule has 0 aromatic rings. The Morgan fingerprint density at radius 1 is 0.786 bits per heavy atom. The number of ether oxygens (including phenoxy) is 9. The second-order valence-corrected chi connectivity index (χ2v) is 12.8. The van der Waals surface area contributed by atoms with E-state index in [-0.39, 0.29) is 6.42 Å². The number of carbonyl (C=O) groups is 3. The van der Waals surface area contributed by atoms with Gasteiger partial charge in [0.15, 0.2) is 24.2 Å². The highest BCUT2D eigenvalue weighted by atomic mass is 16.9. The van der Waals surface area contributed by atoms with Gasteiger partial charge in [-0.15, -0.1) is 0 Å². The van der Waals surface area contributed by atoms with Crippen molar-refractivity contribution in [2.24, 2.45) is 0 Å². The average molecular weight is 605 g/mol. The fourth-order valence-electron chi connectivity index (χ4n) is 5.80. The van der Waals surface area contributed by atoms with Gasteiger partial charge >= 0.3 is 12.1 Å². The highest BCUT2D eigenvalue weighted by Gasteiger charge is 2.59. The van der Waals surface area contributed by atoms with Crippen LogP contribution in [-0.4, -0.2) is 116 Å². The maximum atomic E-state index is 13.5. The molecule has 0 bridgehead atoms. The number of hydrogen-bond acceptors (Lipinski definition) is 12. The summed E-state index contributed by atoms with van der Waals surface area (Å²) < 4.78 is 52.3. The minimum absolute atomic E-state index is 0.319. The molecule has 0 aromatic carbocycles. The summed E-state index contributed by atoms with van der Waals surface area (Å²) in [7, 11) is 2.92. The van der Waals surface area contributed by atoms with Gasteiger partial charge in [-0.2, -0.15) is 0 Å². The van der Waals surface area contributed by atoms with Crippen LogP contribution in [0.5, 0.6) is 0 Å². The predicted molar refractivity (Wildman–Crippen MR) is 141 cm³/mol. The van der Waals surface area contributed by atoms with Crippen molar-refractivity contribution >= 4 is 18.0 Å². The second-order valence-electron chi connectivity index (χ2n) is 12.8. The summed E-state index contributed by atoms with van der Waals surface area (Å²) in [6, 6.07) is -1.98. The van der Waals surface area contributed by atoms with Gasteiger partial charge in [0.25, 0.3) is 0 Å². The van der Waals surface area contributed by atoms with E-state index in [0.717, 1.165) is 0 Å². The van der Waals surface area contributed by atoms with Gasteiger partial charge in [0.2, 0.25) is 5.91 Å². The fraction of sp³-hybridized carbons (Fsp3) is 0.889. The number of alkyl carbamates (subject to hydrolysis) is 1. The largest absolute Gasteiger partial charge is 0.481 e. The summed E-state index contributed by atoms with van der Waals surface area (Å²) in [5, 5.41) is 15.1. The van der Waals surface area contributed by atoms with Crippen LogP contribution in [0.25, 0.3) is 0 Å². The number of hydrogen-bond donors (Lipinski definition) is 3. The van der Waals surface area contributed by atoms with E-state index in [4.69, 9.17) is 42.6 Å². The number of rotatable bonds is 10. The van der Waals surface area contributed by atoms with Crippen LogP contribution < -0.4 is 10.6 Å². The summed E-state index contributed by atoms with van der Waals surface area (Å²) in [4.78, 5) is 38.1. The lowest BCUT2D eigenvalue weighted by atomic mass is 9.98. The molecule has 4 fully saturated rings. The molecular formula is C27H44N2O13. The molecule has 0 aliphatic carbocycles. The molecule has 4 heterocycles. The molecule has 0 radical (unpaired) electrons. The van der Waals surface area contributed by atoms with Crippen molar-refractivity contribution in [2.45, 2.75) is 140 Å². The molecule has 4 rings (SSSR count). The molecule has 0 spiro atoms. The SMILES string of the molecule is CO[C@@H]1[C@H]2OC(C)(C)O[C@H]2O[C@@H]1[C@H](CC(=O)O)NC(=O)C[C@H](NC(=O)OC(C)(C)C)[C@H]1O[C@@H]2OC(C)(C)O[C@@H]2[C@H]1OC. The topological polar surface area (TPSA) is 179 Å². The molecule has 4 aliphatic rings. The zero-order valence-corrected chi connectivity index (χ0v) is 25.5. The molecule has 10 atom stereocenters. The Kier molecular flexibility index (Phi) is 9.46. The maximum absolute atomic E-state index is 13.5. The van der Waals surface area contributed by atoms with Gasteiger partial charge in [-0.3, -0.25) is 9.59 Å². The highest BCUT2D eigenvalue weighted by molar-refractivity contribution is 5.79. The molecule has 15 nitrogen and oxygen atoms in total. The Morgan fingerprint density at radius 3 is 1.64 bits per heavy atom. The van der Waals surface area contributed by atoms with Crippen molar-refractivity contribution in [1.29, 1.82) is 0 Å². The Morgan fingerprint density at radius 2 is 1.24 bits per heavy atom. The van der Waals surface area contributed by atoms with Crippen molar-refractivity contribution in [3.05, 3.63) is 0 Å². The fourth-order valence-corrected chi connectivity index (χ4v) is 5.80. The van der Waals surface area contributed by atoms with E-state index in [1.807, 2.05) is 0 Å². The standard InChI is InChI=1S/C27H44N2O13/c1-25(2,3)42-24(33)29-12(16-18(34-8)20-22(36-16)40-26(4,5)38-20)10-14(30)28-13(11-15(31)32)17-19(35-9)21-23(37-17)41-27(6,7)39-21/h12-13,16-23H,10-11H2,1-9H3,(H,28,30)(H,29,33)(H,31,32)/t12-,13-,16+,17+,18-,19-,20+,21+,22+,23+/m0/s1. The molecule has 4 aliphatic heterocycles. The van der Waals surface area contributed by atoms with E-state index in [1.54, 1.807) is 48.5 Å². The van der Waals surface area contributed by atoms with Crippen LogP contribution in [0.2, 0.25) is 0 Å². The molecule has 15 heteroatoms. The predicted octanol–water partition coefficient (Wildman–Crippen LogP) is 1.01. The number of nitrogens with one attached hydrogen (secondary N) is 2. The Balaban J connectivity index is 1.51. The lowest BCUT2D eigenvalue weighted by Crippen LogP contribution is -2.55. The van der Waals surface area contributed by atoms with Gasteiger partial charge in [0, 0.05) is 20.6 Å². The second kappa shape index (κ2) is 12.1. The van der Waals surface area contributed by atoms with Crippen LogP contribution in [0.1, 0.15) is 61.3 Å². The first-order chi connectivity index (χ1) is 19.4. The van der Waals surface area contributed by atoms with Crippen LogP contribution >= 0.6 is 0 Å². The van der Waals surface area contributed by atoms with Crippen LogP contribution in [-0.2, 0) is 52.2 Å². The Labute approximate surface area is 245 Å². The van der Waals surface area contributed by atoms with Gasteiger partial charge in [0.05, 0.1) is 18.5 Å². The third kappa shape index (κ3) is 7.50. The van der Waals surface area contributed by atoms with E-state index in [2.05, 4.69) is 10.6 Å². The zero-order chi connectivity index (χ0) is 31.2. The van der Waals surface area contributed by atoms with Crippen molar-refractivity contribution < 1.29 is 62.1 Å². The first kappa shape index (κ1) is 32.8. The summed E-state index contributed by atoms with van der Waals surface area (Å²) in [6.07, 6.45) is -7.57. The number of aliphatic carboxylic acids is 1. The van der Waals surface area contributed by atoms with E-state index in [1.165, 1.54) is 14.2 Å². The third-order valence-electron chi connectivity index (χ3n) is 7.24. The minimum atomic E-state index is -1.16. The molecule has 4 saturated heterocycles. The molecule has 3 N–H and O–H groups in total. The molecule has 0 aromatic heterocycles. The van der Waals surface area contributed by atoms with Crippen LogP contribution in [0.3, 0.4) is 0 Å². The van der Waals surface area contributed by atoms with Crippen molar-refractivity contribution in [1.82, 2.24) is 10.6 Å². The van der Waals surface area contributed by atoms with E-state index in [0.29, 0.717) is 0 Å². The number of carbonyl (C=O) groups excluding carboxylic acids is 2. The highest BCUT2D eigenvalue weighted by Crippen LogP contribution is 2.41. The van der Waals surface area contributed by atoms with E-state index in [9.17, 15) is 19.5 Å². The number of carboxylic acid groups (broad SMARTS) is 1. The van der Waals surface area contributed by atoms with Gasteiger partial charge < -0.3 is 58.4 Å². The Hall–Kier alpha value is -2.11. The van der Waals surface area contributed by atoms with E-state index >= 15 is 0 Å². The molecule has 0 unspecified atom stereocenters. The van der Waals surface area contributed by atoms with E-state index < -0.39 is 103 Å². The average Bonchev–Trinajstić information content (AvgIpc) is 3.50. The van der Waals surface area contributed by atoms with Crippen LogP contribution in [0.15, 0.2) is 0 Å². The summed E-state index contributed by atoms with van der Waals surface area (Å²) >= 11 is 0. The van der Waals surface area contributed by atoms with Crippen molar-refractivity contribution in [2.75, 3.05) is 14.2 Å². The smallest absolute Gasteiger partial charge is 0.407 e. The first-order valence-electron chi connectivity index (χ1n) is 14.0. The van der Waals surface area contributed by atoms with Crippen molar-refractivity contribution in [3.63, 3.8) is 0 Å². The lowest BCUT2D eigenvalue weighted by Gasteiger charge is -2.33. The van der Waals surface area contributed by atoms with Gasteiger partial charge in [-0.25, -0.2) is 4.79 Å². The molecular weight excluding hydrogens is 560 g/mol. The van der Waals surface area contributed by atoms with Crippen LogP contribution in [0.4, 0.5) is 4.79 Å². The monoisotopic (exact) mass is 604 g/mol. The molecule has 2 amide bonds. The number of fused-ring (bicyclic) bond motifs is 2. The van der Waals surface area contributed by atoms with Gasteiger partial charge in [0.1, 0.15) is 42.2 Å². The van der Waals surface area contributed by atoms with Gasteiger partial charge in [-0.1, -0.05) is 0 Å². The van der Waals surface area contributed by atoms with Crippen molar-refractivity contribution in [3.8, 4) is 0 Å². The third-order valence-corrected chi connectivity index (χ3v) is 7.24. The first-order valence-corrected chi connectivity index (χ1v) is 14.0. The summed E-state index contributed by atoms with van der Waals surface area (Å²) in [6.45, 7) is 12.1. The zero-order valence-electron chi connectivity index (χ0n) is 25.5. The number of amides is 2. The van der Waals surface area contributed by atoms with Gasteiger partial charge in [-0.05, 0) is 48.5 Å². The molecule has 42 heavy (non-hydrogen) atoms. The normalized spacial score (nSPS) is 36.1. The molecule has 0 saturated carbocycles. The lowest BCUT2D eigenvalue weighted by molar-refractivity contribution is -0.220. The Bertz CT molecular complexity index is 1010. The summed E-state index contributed by atoms with van der Waals surface area (Å²) in [5.74, 6) is -3.57. The maximum Gasteiger partial charge on any atom is 0.407 e. The minimum Gasteiger partial charge on any atom is -0.481 e. The molecule has 240 valence electrons. The van der Waals surface area contributed by atoms with Crippen LogP contribution in [0, 0.1) is 0 Å². The number of carboxylic acids is 1. The quantitative estimate of drug-likeness (QED) is 0.322. The number of methoxy groups -OCH3 is 2.